The van der Waals surface area contributed by atoms with Gasteiger partial charge < -0.3 is 20.1 Å². The van der Waals surface area contributed by atoms with Gasteiger partial charge in [0.2, 0.25) is 0 Å². The highest BCUT2D eigenvalue weighted by Crippen LogP contribution is 2.23. The molecule has 28 heavy (non-hydrogen) atoms. The molecule has 0 aliphatic rings. The zero-order valence-corrected chi connectivity index (χ0v) is 15.9. The van der Waals surface area contributed by atoms with Crippen molar-refractivity contribution in [3.05, 3.63) is 54.0 Å². The zero-order valence-electron chi connectivity index (χ0n) is 15.9. The molecule has 0 fully saturated rings. The third kappa shape index (κ3) is 4.46. The number of fused-ring (bicyclic) bond motifs is 1. The van der Waals surface area contributed by atoms with Crippen molar-refractivity contribution < 1.29 is 14.1 Å². The summed E-state index contributed by atoms with van der Waals surface area (Å²) in [6.45, 7) is 5.53. The van der Waals surface area contributed by atoms with Crippen LogP contribution < -0.4 is 10.6 Å². The maximum atomic E-state index is 12.5. The number of nitrogens with zero attached hydrogens (tertiary/aromatic N) is 3. The molecule has 0 radical (unpaired) electrons. The van der Waals surface area contributed by atoms with Crippen LogP contribution >= 0.6 is 0 Å². The summed E-state index contributed by atoms with van der Waals surface area (Å²) in [5, 5.41) is 10.1. The Morgan fingerprint density at radius 1 is 1.11 bits per heavy atom. The monoisotopic (exact) mass is 381 g/mol. The summed E-state index contributed by atoms with van der Waals surface area (Å²) in [6.07, 6.45) is 4.16. The number of anilines is 1. The van der Waals surface area contributed by atoms with Gasteiger partial charge in [-0.25, -0.2) is 4.79 Å². The third-order valence-electron chi connectivity index (χ3n) is 4.43. The molecule has 2 heterocycles. The number of pyridine rings is 1. The smallest absolute Gasteiger partial charge is 0.319 e. The maximum Gasteiger partial charge on any atom is 0.319 e. The van der Waals surface area contributed by atoms with Gasteiger partial charge in [0, 0.05) is 43.8 Å². The van der Waals surface area contributed by atoms with E-state index >= 15 is 0 Å². The van der Waals surface area contributed by atoms with Crippen molar-refractivity contribution in [3.63, 3.8) is 0 Å². The van der Waals surface area contributed by atoms with Gasteiger partial charge >= 0.3 is 6.03 Å². The number of hydrogen-bond acceptors (Lipinski definition) is 5. The van der Waals surface area contributed by atoms with Gasteiger partial charge in [-0.3, -0.25) is 9.78 Å². The van der Waals surface area contributed by atoms with Gasteiger partial charge in [-0.05, 0) is 50.1 Å². The Labute approximate surface area is 162 Å². The molecule has 3 rings (SSSR count). The zero-order chi connectivity index (χ0) is 19.9. The fourth-order valence-electron chi connectivity index (χ4n) is 2.88. The highest BCUT2D eigenvalue weighted by atomic mass is 16.5. The molecule has 0 saturated heterocycles. The lowest BCUT2D eigenvalue weighted by Gasteiger charge is -2.16. The van der Waals surface area contributed by atoms with Crippen LogP contribution in [-0.4, -0.2) is 46.6 Å². The van der Waals surface area contributed by atoms with Crippen LogP contribution in [0, 0.1) is 0 Å². The molecule has 146 valence electrons. The standard InChI is InChI=1S/C20H23N5O3/c1-3-25(4-2)19(26)18-16-6-5-15(13-17(16)28-24-18)23-20(27)22-12-9-14-7-10-21-11-8-14/h5-8,10-11,13H,3-4,9,12H2,1-2H3,(H2,22,23,27). The van der Waals surface area contributed by atoms with Crippen molar-refractivity contribution in [1.29, 1.82) is 0 Å². The van der Waals surface area contributed by atoms with Crippen molar-refractivity contribution in [2.24, 2.45) is 0 Å². The van der Waals surface area contributed by atoms with E-state index in [2.05, 4.69) is 20.8 Å². The van der Waals surface area contributed by atoms with E-state index in [4.69, 9.17) is 4.52 Å². The molecular formula is C20H23N5O3. The van der Waals surface area contributed by atoms with Crippen LogP contribution in [0.25, 0.3) is 11.0 Å². The maximum absolute atomic E-state index is 12.5. The fourth-order valence-corrected chi connectivity index (χ4v) is 2.88. The summed E-state index contributed by atoms with van der Waals surface area (Å²) in [5.41, 5.74) is 2.40. The second-order valence-corrected chi connectivity index (χ2v) is 6.21. The number of hydrogen-bond donors (Lipinski definition) is 2. The number of carbonyl (C=O) groups excluding carboxylic acids is 2. The molecule has 0 spiro atoms. The lowest BCUT2D eigenvalue weighted by molar-refractivity contribution is 0.0764. The van der Waals surface area contributed by atoms with Gasteiger partial charge in [-0.1, -0.05) is 5.16 Å². The van der Waals surface area contributed by atoms with Crippen LogP contribution in [0.15, 0.2) is 47.2 Å². The van der Waals surface area contributed by atoms with E-state index in [1.807, 2.05) is 26.0 Å². The van der Waals surface area contributed by atoms with Crippen LogP contribution in [0.5, 0.6) is 0 Å². The molecule has 0 aliphatic heterocycles. The Bertz CT molecular complexity index is 951. The van der Waals surface area contributed by atoms with E-state index in [1.165, 1.54) is 0 Å². The fraction of sp³-hybridized carbons (Fsp3) is 0.300. The number of rotatable bonds is 7. The first-order valence-electron chi connectivity index (χ1n) is 9.24. The van der Waals surface area contributed by atoms with Gasteiger partial charge in [0.05, 0.1) is 5.39 Å². The molecule has 8 heteroatoms. The van der Waals surface area contributed by atoms with Crippen molar-refractivity contribution >= 4 is 28.6 Å². The van der Waals surface area contributed by atoms with Crippen molar-refractivity contribution in [2.75, 3.05) is 25.0 Å². The topological polar surface area (TPSA) is 100 Å². The van der Waals surface area contributed by atoms with Gasteiger partial charge in [-0.15, -0.1) is 0 Å². The number of urea groups is 1. The van der Waals surface area contributed by atoms with Gasteiger partial charge in [0.1, 0.15) is 0 Å². The molecule has 0 atom stereocenters. The Morgan fingerprint density at radius 2 is 1.86 bits per heavy atom. The first-order chi connectivity index (χ1) is 13.6. The normalized spacial score (nSPS) is 10.6. The van der Waals surface area contributed by atoms with E-state index in [-0.39, 0.29) is 17.6 Å². The molecule has 2 N–H and O–H groups in total. The number of amides is 3. The molecule has 0 aliphatic carbocycles. The van der Waals surface area contributed by atoms with Crippen LogP contribution in [0.1, 0.15) is 29.9 Å². The molecule has 8 nitrogen and oxygen atoms in total. The van der Waals surface area contributed by atoms with Crippen LogP contribution in [-0.2, 0) is 6.42 Å². The number of carbonyl (C=O) groups is 2. The summed E-state index contributed by atoms with van der Waals surface area (Å²) in [4.78, 5) is 30.2. The number of nitrogens with one attached hydrogen (secondary N) is 2. The lowest BCUT2D eigenvalue weighted by atomic mass is 10.2. The van der Waals surface area contributed by atoms with Crippen molar-refractivity contribution in [3.8, 4) is 0 Å². The minimum atomic E-state index is -0.313. The predicted molar refractivity (Wildman–Crippen MR) is 106 cm³/mol. The summed E-state index contributed by atoms with van der Waals surface area (Å²) in [6, 6.07) is 8.62. The van der Waals surface area contributed by atoms with Crippen LogP contribution in [0.3, 0.4) is 0 Å². The molecule has 3 aromatic rings. The summed E-state index contributed by atoms with van der Waals surface area (Å²) >= 11 is 0. The first-order valence-corrected chi connectivity index (χ1v) is 9.24. The Hall–Kier alpha value is -3.42. The molecule has 3 amide bonds. The minimum absolute atomic E-state index is 0.168. The Morgan fingerprint density at radius 3 is 2.57 bits per heavy atom. The average Bonchev–Trinajstić information content (AvgIpc) is 3.13. The molecule has 1 aromatic carbocycles. The van der Waals surface area contributed by atoms with E-state index in [0.29, 0.717) is 42.7 Å². The van der Waals surface area contributed by atoms with E-state index in [0.717, 1.165) is 5.56 Å². The SMILES string of the molecule is CCN(CC)C(=O)c1noc2cc(NC(=O)NCCc3ccncc3)ccc12. The molecule has 0 unspecified atom stereocenters. The van der Waals surface area contributed by atoms with E-state index in [9.17, 15) is 9.59 Å². The predicted octanol–water partition coefficient (Wildman–Crippen LogP) is 3.07. The van der Waals surface area contributed by atoms with Crippen molar-refractivity contribution in [2.45, 2.75) is 20.3 Å². The molecule has 2 aromatic heterocycles. The molecule has 0 saturated carbocycles. The Kier molecular flexibility index (Phi) is 6.21. The largest absolute Gasteiger partial charge is 0.355 e. The summed E-state index contributed by atoms with van der Waals surface area (Å²) < 4.78 is 5.30. The minimum Gasteiger partial charge on any atom is -0.355 e. The second kappa shape index (κ2) is 8.98. The molecule has 0 bridgehead atoms. The highest BCUT2D eigenvalue weighted by molar-refractivity contribution is 6.05. The molecular weight excluding hydrogens is 358 g/mol. The summed E-state index contributed by atoms with van der Waals surface area (Å²) in [5.74, 6) is -0.168. The average molecular weight is 381 g/mol. The van der Waals surface area contributed by atoms with Crippen LogP contribution in [0.2, 0.25) is 0 Å². The number of aromatic nitrogens is 2. The van der Waals surface area contributed by atoms with E-state index in [1.54, 1.807) is 35.5 Å². The van der Waals surface area contributed by atoms with Crippen LogP contribution in [0.4, 0.5) is 10.5 Å². The number of benzene rings is 1. The highest BCUT2D eigenvalue weighted by Gasteiger charge is 2.20. The van der Waals surface area contributed by atoms with Crippen molar-refractivity contribution in [1.82, 2.24) is 20.4 Å². The lowest BCUT2D eigenvalue weighted by Crippen LogP contribution is -2.30. The van der Waals surface area contributed by atoms with Gasteiger partial charge in [0.15, 0.2) is 11.3 Å². The Balaban J connectivity index is 1.61. The van der Waals surface area contributed by atoms with E-state index < -0.39 is 0 Å². The van der Waals surface area contributed by atoms with Gasteiger partial charge in [0.25, 0.3) is 5.91 Å². The third-order valence-corrected chi connectivity index (χ3v) is 4.43. The second-order valence-electron chi connectivity index (χ2n) is 6.21. The van der Waals surface area contributed by atoms with Gasteiger partial charge in [-0.2, -0.15) is 0 Å². The quantitative estimate of drug-likeness (QED) is 0.655. The summed E-state index contributed by atoms with van der Waals surface area (Å²) in [7, 11) is 0. The first kappa shape index (κ1) is 19.3.